The SMILES string of the molecule is [B]CC(=O)N(CCOC(=O)CCCCCCC/C=C\CCCCCCCC)CCOC(=O)CCCCCCC/C=C\CCCCCCCC. The van der Waals surface area contributed by atoms with Gasteiger partial charge in [-0.15, -0.1) is 0 Å². The molecule has 0 aromatic heterocycles. The zero-order valence-electron chi connectivity index (χ0n) is 32.2. The van der Waals surface area contributed by atoms with E-state index in [4.69, 9.17) is 17.3 Å². The van der Waals surface area contributed by atoms with Crippen LogP contribution >= 0.6 is 0 Å². The first-order chi connectivity index (χ1) is 24.0. The highest BCUT2D eigenvalue weighted by Gasteiger charge is 2.13. The molecule has 0 bridgehead atoms. The Kier molecular flexibility index (Phi) is 37.1. The first-order valence-corrected chi connectivity index (χ1v) is 20.6. The van der Waals surface area contributed by atoms with E-state index >= 15 is 0 Å². The molecule has 49 heavy (non-hydrogen) atoms. The van der Waals surface area contributed by atoms with Crippen LogP contribution in [0.4, 0.5) is 0 Å². The third kappa shape index (κ3) is 35.6. The highest BCUT2D eigenvalue weighted by Crippen LogP contribution is 2.12. The van der Waals surface area contributed by atoms with E-state index < -0.39 is 0 Å². The first-order valence-electron chi connectivity index (χ1n) is 20.6. The Morgan fingerprint density at radius 3 is 1.10 bits per heavy atom. The zero-order valence-corrected chi connectivity index (χ0v) is 32.2. The van der Waals surface area contributed by atoms with Crippen LogP contribution in [0.5, 0.6) is 0 Å². The lowest BCUT2D eigenvalue weighted by atomic mass is 10.0. The van der Waals surface area contributed by atoms with Gasteiger partial charge >= 0.3 is 11.9 Å². The van der Waals surface area contributed by atoms with Gasteiger partial charge in [-0.25, -0.2) is 0 Å². The number of rotatable bonds is 37. The number of esters is 2. The van der Waals surface area contributed by atoms with Crippen molar-refractivity contribution in [3.8, 4) is 0 Å². The van der Waals surface area contributed by atoms with Gasteiger partial charge in [-0.2, -0.15) is 0 Å². The van der Waals surface area contributed by atoms with Crippen LogP contribution in [0, 0.1) is 0 Å². The van der Waals surface area contributed by atoms with Gasteiger partial charge in [-0.1, -0.05) is 141 Å². The van der Waals surface area contributed by atoms with E-state index in [0.717, 1.165) is 51.4 Å². The number of carbonyl (C=O) groups excluding carboxylic acids is 3. The van der Waals surface area contributed by atoms with Crippen molar-refractivity contribution in [2.45, 2.75) is 200 Å². The Balaban J connectivity index is 3.75. The largest absolute Gasteiger partial charge is 0.464 e. The predicted molar refractivity (Wildman–Crippen MR) is 208 cm³/mol. The molecule has 0 saturated carbocycles. The summed E-state index contributed by atoms with van der Waals surface area (Å²) in [6, 6.07) is 0. The van der Waals surface area contributed by atoms with E-state index in [1.54, 1.807) is 0 Å². The minimum atomic E-state index is -0.249. The normalized spacial score (nSPS) is 11.5. The highest BCUT2D eigenvalue weighted by molar-refractivity contribution is 6.19. The summed E-state index contributed by atoms with van der Waals surface area (Å²) in [4.78, 5) is 38.0. The fourth-order valence-corrected chi connectivity index (χ4v) is 5.85. The molecule has 0 aliphatic rings. The molecule has 7 heteroatoms. The molecule has 0 aromatic carbocycles. The van der Waals surface area contributed by atoms with Crippen molar-refractivity contribution in [3.05, 3.63) is 24.3 Å². The maximum absolute atomic E-state index is 12.2. The summed E-state index contributed by atoms with van der Waals surface area (Å²) in [6.45, 7) is 5.26. The first kappa shape index (κ1) is 47.0. The van der Waals surface area contributed by atoms with Crippen LogP contribution in [-0.4, -0.2) is 56.9 Å². The second-order valence-corrected chi connectivity index (χ2v) is 13.7. The Morgan fingerprint density at radius 1 is 0.469 bits per heavy atom. The van der Waals surface area contributed by atoms with E-state index in [2.05, 4.69) is 38.2 Å². The van der Waals surface area contributed by atoms with Gasteiger partial charge < -0.3 is 14.4 Å². The number of carbonyl (C=O) groups is 3. The molecule has 6 nitrogen and oxygen atoms in total. The molecule has 2 radical (unpaired) electrons. The average molecular weight is 686 g/mol. The molecular formula is C42H76BNO5. The molecule has 0 fully saturated rings. The number of allylic oxidation sites excluding steroid dienone is 4. The summed E-state index contributed by atoms with van der Waals surface area (Å²) in [5.74, 6) is -0.713. The quantitative estimate of drug-likeness (QED) is 0.0282. The summed E-state index contributed by atoms with van der Waals surface area (Å²) in [6.07, 6.45) is 41.6. The Morgan fingerprint density at radius 2 is 0.776 bits per heavy atom. The maximum Gasteiger partial charge on any atom is 0.305 e. The van der Waals surface area contributed by atoms with Gasteiger partial charge in [0.2, 0.25) is 5.91 Å². The predicted octanol–water partition coefficient (Wildman–Crippen LogP) is 11.6. The lowest BCUT2D eigenvalue weighted by Crippen LogP contribution is -2.37. The molecule has 0 aliphatic carbocycles. The minimum absolute atomic E-state index is 0.124. The molecule has 0 unspecified atom stereocenters. The van der Waals surface area contributed by atoms with Gasteiger partial charge in [0, 0.05) is 12.8 Å². The zero-order chi connectivity index (χ0) is 35.9. The lowest BCUT2D eigenvalue weighted by molar-refractivity contribution is -0.147. The van der Waals surface area contributed by atoms with E-state index in [1.807, 2.05) is 0 Å². The highest BCUT2D eigenvalue weighted by atomic mass is 16.5. The Hall–Kier alpha value is -2.05. The molecule has 0 N–H and O–H groups in total. The number of ether oxygens (including phenoxy) is 2. The van der Waals surface area contributed by atoms with E-state index in [1.165, 1.54) is 120 Å². The molecule has 0 saturated heterocycles. The van der Waals surface area contributed by atoms with Crippen molar-refractivity contribution in [1.82, 2.24) is 4.90 Å². The number of hydrogen-bond acceptors (Lipinski definition) is 5. The number of unbranched alkanes of at least 4 members (excludes halogenated alkanes) is 22. The Labute approximate surface area is 304 Å². The summed E-state index contributed by atoms with van der Waals surface area (Å²) in [5, 5.41) is 0. The Bertz CT molecular complexity index is 757. The van der Waals surface area contributed by atoms with Crippen LogP contribution in [0.3, 0.4) is 0 Å². The van der Waals surface area contributed by atoms with Crippen molar-refractivity contribution >= 4 is 25.7 Å². The van der Waals surface area contributed by atoms with Gasteiger partial charge in [0.15, 0.2) is 0 Å². The second kappa shape index (κ2) is 38.8. The second-order valence-electron chi connectivity index (χ2n) is 13.7. The fourth-order valence-electron chi connectivity index (χ4n) is 5.85. The minimum Gasteiger partial charge on any atom is -0.464 e. The summed E-state index contributed by atoms with van der Waals surface area (Å²) >= 11 is 0. The van der Waals surface area contributed by atoms with Crippen LogP contribution in [0.2, 0.25) is 6.32 Å². The number of amides is 1. The van der Waals surface area contributed by atoms with Gasteiger partial charge in [-0.05, 0) is 70.5 Å². The molecule has 0 atom stereocenters. The summed E-state index contributed by atoms with van der Waals surface area (Å²) in [7, 11) is 5.56. The van der Waals surface area contributed by atoms with E-state index in [-0.39, 0.29) is 50.5 Å². The molecule has 0 rings (SSSR count). The van der Waals surface area contributed by atoms with Crippen molar-refractivity contribution in [2.75, 3.05) is 26.3 Å². The van der Waals surface area contributed by atoms with Crippen LogP contribution in [0.1, 0.15) is 194 Å². The van der Waals surface area contributed by atoms with Crippen LogP contribution < -0.4 is 0 Å². The number of hydrogen-bond donors (Lipinski definition) is 0. The molecule has 282 valence electrons. The topological polar surface area (TPSA) is 72.9 Å². The van der Waals surface area contributed by atoms with E-state index in [9.17, 15) is 14.4 Å². The molecule has 0 aliphatic heterocycles. The van der Waals surface area contributed by atoms with Gasteiger partial charge in [0.1, 0.15) is 13.2 Å². The van der Waals surface area contributed by atoms with Gasteiger partial charge in [-0.3, -0.25) is 14.4 Å². The van der Waals surface area contributed by atoms with Crippen LogP contribution in [0.25, 0.3) is 0 Å². The van der Waals surface area contributed by atoms with Crippen LogP contribution in [-0.2, 0) is 23.9 Å². The smallest absolute Gasteiger partial charge is 0.305 e. The monoisotopic (exact) mass is 686 g/mol. The fraction of sp³-hybridized carbons (Fsp3) is 0.833. The van der Waals surface area contributed by atoms with Gasteiger partial charge in [0.25, 0.3) is 0 Å². The van der Waals surface area contributed by atoms with Gasteiger partial charge in [0.05, 0.1) is 20.9 Å². The maximum atomic E-state index is 12.2. The van der Waals surface area contributed by atoms with Crippen molar-refractivity contribution in [2.24, 2.45) is 0 Å². The van der Waals surface area contributed by atoms with Crippen molar-refractivity contribution < 1.29 is 23.9 Å². The molecule has 1 amide bonds. The van der Waals surface area contributed by atoms with Crippen molar-refractivity contribution in [1.29, 1.82) is 0 Å². The third-order valence-corrected chi connectivity index (χ3v) is 9.06. The molecule has 0 heterocycles. The average Bonchev–Trinajstić information content (AvgIpc) is 3.10. The third-order valence-electron chi connectivity index (χ3n) is 9.06. The van der Waals surface area contributed by atoms with Crippen LogP contribution in [0.15, 0.2) is 24.3 Å². The molecule has 0 aromatic rings. The summed E-state index contributed by atoms with van der Waals surface area (Å²) < 4.78 is 10.7. The molecular weight excluding hydrogens is 609 g/mol. The standard InChI is InChI=1S/C42H76BNO5/c1-3-5-7-9-11-13-15-17-19-21-23-25-27-29-31-33-41(46)48-37-35-44(40(45)39-43)36-38-49-42(47)34-32-30-28-26-24-22-20-18-16-14-12-10-8-6-4-2/h17-20H,3-16,21-39H2,1-2H3/b19-17-,20-18-. The molecule has 0 spiro atoms. The van der Waals surface area contributed by atoms with Crippen molar-refractivity contribution in [3.63, 3.8) is 0 Å². The van der Waals surface area contributed by atoms with E-state index in [0.29, 0.717) is 12.8 Å². The number of nitrogens with zero attached hydrogens (tertiary/aromatic N) is 1. The lowest BCUT2D eigenvalue weighted by Gasteiger charge is -2.22. The summed E-state index contributed by atoms with van der Waals surface area (Å²) in [5.41, 5.74) is 0.